The van der Waals surface area contributed by atoms with Crippen molar-refractivity contribution in [1.29, 1.82) is 0 Å². The molecule has 2 amide bonds. The number of nitrogens with zero attached hydrogens (tertiary/aromatic N) is 3. The molecule has 1 atom stereocenters. The second-order valence-corrected chi connectivity index (χ2v) is 7.76. The lowest BCUT2D eigenvalue weighted by Gasteiger charge is -2.26. The van der Waals surface area contributed by atoms with Crippen molar-refractivity contribution < 1.29 is 14.0 Å². The van der Waals surface area contributed by atoms with Gasteiger partial charge in [0.2, 0.25) is 11.8 Å². The van der Waals surface area contributed by atoms with Gasteiger partial charge in [-0.25, -0.2) is 5.01 Å². The number of likely N-dealkylation sites (tertiary alicyclic amines) is 1. The van der Waals surface area contributed by atoms with E-state index in [4.69, 9.17) is 4.42 Å². The van der Waals surface area contributed by atoms with Crippen LogP contribution in [0.4, 0.5) is 0 Å². The van der Waals surface area contributed by atoms with Gasteiger partial charge in [0.1, 0.15) is 5.76 Å². The zero-order valence-corrected chi connectivity index (χ0v) is 17.1. The number of hydrogen-bond donors (Lipinski definition) is 1. The largest absolute Gasteiger partial charge is 0.468 e. The quantitative estimate of drug-likeness (QED) is 0.728. The summed E-state index contributed by atoms with van der Waals surface area (Å²) in [7, 11) is 0. The molecule has 158 valence electrons. The molecule has 30 heavy (non-hydrogen) atoms. The number of rotatable bonds is 8. The van der Waals surface area contributed by atoms with Crippen molar-refractivity contribution in [3.63, 3.8) is 0 Å². The normalized spacial score (nSPS) is 17.7. The molecule has 4 rings (SSSR count). The number of hydrogen-bond acceptors (Lipinski definition) is 5. The van der Waals surface area contributed by atoms with Crippen molar-refractivity contribution >= 4 is 17.5 Å². The third kappa shape index (κ3) is 4.97. The van der Waals surface area contributed by atoms with Crippen molar-refractivity contribution in [3.8, 4) is 0 Å². The van der Waals surface area contributed by atoms with Gasteiger partial charge in [0.25, 0.3) is 0 Å². The Hall–Kier alpha value is -2.93. The molecule has 1 aromatic carbocycles. The lowest BCUT2D eigenvalue weighted by atomic mass is 10.1. The summed E-state index contributed by atoms with van der Waals surface area (Å²) in [6, 6.07) is 13.7. The SMILES string of the molecule is O=C(CCC(=O)N1CCC(c2ccccc2)=N1)NCC(c1ccco1)N1CCCC1. The summed E-state index contributed by atoms with van der Waals surface area (Å²) in [6.45, 7) is 3.08. The van der Waals surface area contributed by atoms with Crippen molar-refractivity contribution in [2.24, 2.45) is 5.10 Å². The van der Waals surface area contributed by atoms with Crippen molar-refractivity contribution in [2.75, 3.05) is 26.2 Å². The third-order valence-electron chi connectivity index (χ3n) is 5.71. The van der Waals surface area contributed by atoms with Gasteiger partial charge in [-0.15, -0.1) is 0 Å². The van der Waals surface area contributed by atoms with Crippen LogP contribution in [0.2, 0.25) is 0 Å². The van der Waals surface area contributed by atoms with Crippen LogP contribution < -0.4 is 5.32 Å². The molecule has 1 fully saturated rings. The van der Waals surface area contributed by atoms with E-state index in [0.29, 0.717) is 13.1 Å². The molecule has 7 heteroatoms. The van der Waals surface area contributed by atoms with E-state index < -0.39 is 0 Å². The summed E-state index contributed by atoms with van der Waals surface area (Å²) in [5.74, 6) is 0.636. The summed E-state index contributed by atoms with van der Waals surface area (Å²) < 4.78 is 5.58. The average Bonchev–Trinajstić information content (AvgIpc) is 3.56. The first-order valence-corrected chi connectivity index (χ1v) is 10.7. The fourth-order valence-corrected chi connectivity index (χ4v) is 4.06. The van der Waals surface area contributed by atoms with E-state index in [9.17, 15) is 9.59 Å². The lowest BCUT2D eigenvalue weighted by Crippen LogP contribution is -2.37. The van der Waals surface area contributed by atoms with Crippen molar-refractivity contribution in [1.82, 2.24) is 15.2 Å². The van der Waals surface area contributed by atoms with Gasteiger partial charge >= 0.3 is 0 Å². The standard InChI is InChI=1S/C23H28N4O3/c28-22(24-17-20(21-9-6-16-30-21)26-13-4-5-14-26)10-11-23(29)27-15-12-19(25-27)18-7-2-1-3-8-18/h1-3,6-9,16,20H,4-5,10-15,17H2,(H,24,28). The minimum Gasteiger partial charge on any atom is -0.468 e. The highest BCUT2D eigenvalue weighted by Gasteiger charge is 2.26. The monoisotopic (exact) mass is 408 g/mol. The van der Waals surface area contributed by atoms with E-state index >= 15 is 0 Å². The number of furan rings is 1. The highest BCUT2D eigenvalue weighted by molar-refractivity contribution is 6.02. The number of benzene rings is 1. The maximum absolute atomic E-state index is 12.5. The maximum Gasteiger partial charge on any atom is 0.243 e. The molecule has 0 aliphatic carbocycles. The van der Waals surface area contributed by atoms with Gasteiger partial charge in [0.05, 0.1) is 24.6 Å². The second-order valence-electron chi connectivity index (χ2n) is 7.76. The zero-order valence-electron chi connectivity index (χ0n) is 17.1. The predicted octanol–water partition coefficient (Wildman–Crippen LogP) is 2.95. The van der Waals surface area contributed by atoms with Crippen LogP contribution in [-0.4, -0.2) is 53.6 Å². The van der Waals surface area contributed by atoms with Gasteiger partial charge in [0.15, 0.2) is 0 Å². The fraction of sp³-hybridized carbons (Fsp3) is 0.435. The zero-order chi connectivity index (χ0) is 20.8. The van der Waals surface area contributed by atoms with Crippen LogP contribution in [0.1, 0.15) is 49.5 Å². The summed E-state index contributed by atoms with van der Waals surface area (Å²) in [5.41, 5.74) is 1.96. The first kappa shape index (κ1) is 20.3. The molecule has 0 saturated carbocycles. The Morgan fingerprint density at radius 3 is 2.57 bits per heavy atom. The molecule has 7 nitrogen and oxygen atoms in total. The van der Waals surface area contributed by atoms with E-state index in [1.54, 1.807) is 6.26 Å². The number of hydrazone groups is 1. The molecule has 1 N–H and O–H groups in total. The lowest BCUT2D eigenvalue weighted by molar-refractivity contribution is -0.133. The molecule has 1 aromatic heterocycles. The third-order valence-corrected chi connectivity index (χ3v) is 5.71. The van der Waals surface area contributed by atoms with Crippen LogP contribution in [0.25, 0.3) is 0 Å². The predicted molar refractivity (Wildman–Crippen MR) is 114 cm³/mol. The van der Waals surface area contributed by atoms with E-state index in [1.165, 1.54) is 17.9 Å². The van der Waals surface area contributed by atoms with Gasteiger partial charge in [-0.1, -0.05) is 30.3 Å². The van der Waals surface area contributed by atoms with E-state index in [-0.39, 0.29) is 30.7 Å². The first-order valence-electron chi connectivity index (χ1n) is 10.7. The second kappa shape index (κ2) is 9.71. The van der Waals surface area contributed by atoms with Crippen LogP contribution in [0.5, 0.6) is 0 Å². The molecule has 1 saturated heterocycles. The molecule has 2 aliphatic heterocycles. The van der Waals surface area contributed by atoms with Crippen LogP contribution in [0.3, 0.4) is 0 Å². The average molecular weight is 409 g/mol. The van der Waals surface area contributed by atoms with Crippen molar-refractivity contribution in [3.05, 3.63) is 60.1 Å². The Morgan fingerprint density at radius 1 is 1.03 bits per heavy atom. The van der Waals surface area contributed by atoms with Crippen LogP contribution >= 0.6 is 0 Å². The minimum absolute atomic E-state index is 0.0405. The molecular weight excluding hydrogens is 380 g/mol. The molecule has 1 unspecified atom stereocenters. The number of amides is 2. The Bertz CT molecular complexity index is 873. The van der Waals surface area contributed by atoms with Gasteiger partial charge < -0.3 is 9.73 Å². The molecule has 3 heterocycles. The highest BCUT2D eigenvalue weighted by atomic mass is 16.3. The van der Waals surface area contributed by atoms with Crippen LogP contribution in [0.15, 0.2) is 58.2 Å². The number of carbonyl (C=O) groups is 2. The molecule has 0 radical (unpaired) electrons. The molecule has 2 aromatic rings. The Labute approximate surface area is 176 Å². The number of nitrogens with one attached hydrogen (secondary N) is 1. The highest BCUT2D eigenvalue weighted by Crippen LogP contribution is 2.25. The Kier molecular flexibility index (Phi) is 6.59. The first-order chi connectivity index (χ1) is 14.7. The molecular formula is C23H28N4O3. The van der Waals surface area contributed by atoms with Crippen LogP contribution in [0, 0.1) is 0 Å². The van der Waals surface area contributed by atoms with E-state index in [2.05, 4.69) is 15.3 Å². The fourth-order valence-electron chi connectivity index (χ4n) is 4.06. The smallest absolute Gasteiger partial charge is 0.243 e. The van der Waals surface area contributed by atoms with Gasteiger partial charge in [0, 0.05) is 25.8 Å². The van der Waals surface area contributed by atoms with E-state index in [0.717, 1.165) is 36.5 Å². The summed E-state index contributed by atoms with van der Waals surface area (Å²) in [4.78, 5) is 27.2. The van der Waals surface area contributed by atoms with Gasteiger partial charge in [-0.05, 0) is 43.6 Å². The molecule has 0 spiro atoms. The Balaban J connectivity index is 1.25. The number of carbonyl (C=O) groups excluding carboxylic acids is 2. The minimum atomic E-state index is -0.120. The van der Waals surface area contributed by atoms with Crippen molar-refractivity contribution in [2.45, 2.75) is 38.1 Å². The maximum atomic E-state index is 12.5. The van der Waals surface area contributed by atoms with Crippen LogP contribution in [-0.2, 0) is 9.59 Å². The summed E-state index contributed by atoms with van der Waals surface area (Å²) >= 11 is 0. The van der Waals surface area contributed by atoms with E-state index in [1.807, 2.05) is 42.5 Å². The van der Waals surface area contributed by atoms with Gasteiger partial charge in [-0.3, -0.25) is 14.5 Å². The molecule has 0 bridgehead atoms. The topological polar surface area (TPSA) is 78.1 Å². The molecule has 2 aliphatic rings. The Morgan fingerprint density at radius 2 is 1.83 bits per heavy atom. The van der Waals surface area contributed by atoms with Gasteiger partial charge in [-0.2, -0.15) is 5.10 Å². The summed E-state index contributed by atoms with van der Waals surface area (Å²) in [5, 5.41) is 8.92. The summed E-state index contributed by atoms with van der Waals surface area (Å²) in [6.07, 6.45) is 5.06.